The van der Waals surface area contributed by atoms with Crippen LogP contribution in [0.5, 0.6) is 0 Å². The molecule has 0 radical (unpaired) electrons. The lowest BCUT2D eigenvalue weighted by molar-refractivity contribution is -0.155. The van der Waals surface area contributed by atoms with E-state index in [1.54, 1.807) is 0 Å². The van der Waals surface area contributed by atoms with Gasteiger partial charge in [-0.1, -0.05) is 0 Å². The molecule has 1 aliphatic rings. The molecule has 0 aliphatic carbocycles. The van der Waals surface area contributed by atoms with Gasteiger partial charge in [0.15, 0.2) is 0 Å². The van der Waals surface area contributed by atoms with Crippen molar-refractivity contribution in [1.29, 1.82) is 0 Å². The number of cyclic esters (lactones) is 1. The molecule has 1 N–H and O–H groups in total. The maximum Gasteiger partial charge on any atom is 0.508 e. The van der Waals surface area contributed by atoms with Crippen molar-refractivity contribution >= 4 is 12.1 Å². The zero-order valence-electron chi connectivity index (χ0n) is 5.07. The smallest absolute Gasteiger partial charge is 0.450 e. The Kier molecular flexibility index (Phi) is 1.75. The van der Waals surface area contributed by atoms with Crippen LogP contribution in [0.2, 0.25) is 0 Å². The maximum atomic E-state index is 10.3. The Balaban J connectivity index is 2.31. The molecule has 1 atom stereocenters. The Bertz CT molecular complexity index is 163. The summed E-state index contributed by atoms with van der Waals surface area (Å²) in [4.78, 5) is 20.2. The Morgan fingerprint density at radius 2 is 2.50 bits per heavy atom. The molecule has 1 aliphatic heterocycles. The van der Waals surface area contributed by atoms with E-state index in [1.165, 1.54) is 0 Å². The van der Waals surface area contributed by atoms with Crippen molar-refractivity contribution in [2.75, 3.05) is 0 Å². The fraction of sp³-hybridized carbons (Fsp3) is 0.600. The lowest BCUT2D eigenvalue weighted by Gasteiger charge is -2.05. The van der Waals surface area contributed by atoms with E-state index in [9.17, 15) is 9.59 Å². The summed E-state index contributed by atoms with van der Waals surface area (Å²) >= 11 is 0. The second-order valence-electron chi connectivity index (χ2n) is 1.84. The first-order valence-electron chi connectivity index (χ1n) is 2.77. The third kappa shape index (κ3) is 1.61. The second-order valence-corrected chi connectivity index (χ2v) is 1.84. The normalized spacial score (nSPS) is 24.0. The van der Waals surface area contributed by atoms with E-state index in [0.717, 1.165) is 0 Å². The zero-order chi connectivity index (χ0) is 7.56. The number of ether oxygens (including phenoxy) is 2. The molecule has 0 aromatic rings. The quantitative estimate of drug-likeness (QED) is 0.540. The predicted octanol–water partition coefficient (Wildman–Crippen LogP) is 0.344. The van der Waals surface area contributed by atoms with Crippen LogP contribution in [0, 0.1) is 0 Å². The van der Waals surface area contributed by atoms with E-state index < -0.39 is 18.4 Å². The van der Waals surface area contributed by atoms with Gasteiger partial charge in [-0.25, -0.2) is 4.79 Å². The molecule has 5 heteroatoms. The largest absolute Gasteiger partial charge is 0.508 e. The molecule has 1 fully saturated rings. The highest BCUT2D eigenvalue weighted by molar-refractivity contribution is 5.71. The third-order valence-electron chi connectivity index (χ3n) is 1.08. The molecular formula is C5H6O5. The molecular weight excluding hydrogens is 140 g/mol. The van der Waals surface area contributed by atoms with Crippen molar-refractivity contribution in [1.82, 2.24) is 0 Å². The highest BCUT2D eigenvalue weighted by Gasteiger charge is 2.26. The fourth-order valence-electron chi connectivity index (χ4n) is 0.696. The summed E-state index contributed by atoms with van der Waals surface area (Å²) in [6.07, 6.45) is -1.74. The van der Waals surface area contributed by atoms with Crippen molar-refractivity contribution in [2.24, 2.45) is 0 Å². The van der Waals surface area contributed by atoms with Crippen LogP contribution in [-0.2, 0) is 14.3 Å². The maximum absolute atomic E-state index is 10.3. The van der Waals surface area contributed by atoms with Gasteiger partial charge in [-0.3, -0.25) is 4.79 Å². The van der Waals surface area contributed by atoms with Crippen molar-refractivity contribution in [2.45, 2.75) is 19.1 Å². The summed E-state index contributed by atoms with van der Waals surface area (Å²) in [5.41, 5.74) is 0. The minimum absolute atomic E-state index is 0.234. The third-order valence-corrected chi connectivity index (χ3v) is 1.08. The average Bonchev–Trinajstić information content (AvgIpc) is 2.13. The van der Waals surface area contributed by atoms with Gasteiger partial charge in [0.05, 0.1) is 6.42 Å². The minimum atomic E-state index is -1.42. The molecule has 1 rings (SSSR count). The lowest BCUT2D eigenvalue weighted by atomic mass is 10.4. The van der Waals surface area contributed by atoms with E-state index in [2.05, 4.69) is 9.47 Å². The Hall–Kier alpha value is -1.26. The molecule has 0 aromatic heterocycles. The van der Waals surface area contributed by atoms with Crippen molar-refractivity contribution in [3.05, 3.63) is 0 Å². The van der Waals surface area contributed by atoms with Gasteiger partial charge >= 0.3 is 12.1 Å². The molecule has 56 valence electrons. The first-order chi connectivity index (χ1) is 4.68. The summed E-state index contributed by atoms with van der Waals surface area (Å²) < 4.78 is 8.59. The Morgan fingerprint density at radius 1 is 1.80 bits per heavy atom. The van der Waals surface area contributed by atoms with E-state index in [-0.39, 0.29) is 6.42 Å². The molecule has 1 saturated heterocycles. The predicted molar refractivity (Wildman–Crippen MR) is 28.2 cm³/mol. The number of rotatable bonds is 1. The highest BCUT2D eigenvalue weighted by atomic mass is 16.8. The molecule has 10 heavy (non-hydrogen) atoms. The van der Waals surface area contributed by atoms with E-state index in [0.29, 0.717) is 6.42 Å². The van der Waals surface area contributed by atoms with E-state index in [4.69, 9.17) is 5.11 Å². The van der Waals surface area contributed by atoms with Gasteiger partial charge in [0.2, 0.25) is 0 Å². The van der Waals surface area contributed by atoms with Crippen molar-refractivity contribution < 1.29 is 24.2 Å². The number of hydrogen-bond donors (Lipinski definition) is 1. The lowest BCUT2D eigenvalue weighted by Crippen LogP contribution is -2.15. The topological polar surface area (TPSA) is 72.8 Å². The standard InChI is InChI=1S/C5H6O5/c6-3-1-2-4(9-3)10-5(7)8/h4H,1-2H2,(H,7,8)/t4-/m0/s1. The van der Waals surface area contributed by atoms with Gasteiger partial charge in [-0.05, 0) is 0 Å². The van der Waals surface area contributed by atoms with Crippen LogP contribution >= 0.6 is 0 Å². The molecule has 0 amide bonds. The van der Waals surface area contributed by atoms with Gasteiger partial charge in [0, 0.05) is 6.42 Å². The van der Waals surface area contributed by atoms with Gasteiger partial charge in [0.1, 0.15) is 0 Å². The summed E-state index contributed by atoms with van der Waals surface area (Å²) in [7, 11) is 0. The average molecular weight is 146 g/mol. The second kappa shape index (κ2) is 2.55. The number of carbonyl (C=O) groups is 2. The van der Waals surface area contributed by atoms with Crippen LogP contribution in [0.1, 0.15) is 12.8 Å². The van der Waals surface area contributed by atoms with Crippen molar-refractivity contribution in [3.8, 4) is 0 Å². The number of carbonyl (C=O) groups excluding carboxylic acids is 1. The first kappa shape index (κ1) is 6.85. The summed E-state index contributed by atoms with van der Waals surface area (Å²) in [5.74, 6) is -0.411. The zero-order valence-corrected chi connectivity index (χ0v) is 5.07. The van der Waals surface area contributed by atoms with Crippen molar-refractivity contribution in [3.63, 3.8) is 0 Å². The summed E-state index contributed by atoms with van der Waals surface area (Å²) in [6, 6.07) is 0. The Morgan fingerprint density at radius 3 is 2.90 bits per heavy atom. The first-order valence-corrected chi connectivity index (χ1v) is 2.77. The SMILES string of the molecule is O=C(O)O[C@H]1CCC(=O)O1. The molecule has 5 nitrogen and oxygen atoms in total. The molecule has 0 unspecified atom stereocenters. The molecule has 0 bridgehead atoms. The Labute approximate surface area is 56.5 Å². The number of esters is 1. The monoisotopic (exact) mass is 146 g/mol. The summed E-state index contributed by atoms with van der Waals surface area (Å²) in [6.45, 7) is 0. The number of carboxylic acid groups (broad SMARTS) is 1. The summed E-state index contributed by atoms with van der Waals surface area (Å²) in [5, 5.41) is 8.05. The highest BCUT2D eigenvalue weighted by Crippen LogP contribution is 2.14. The van der Waals surface area contributed by atoms with E-state index in [1.807, 2.05) is 0 Å². The van der Waals surface area contributed by atoms with Crippen LogP contribution in [0.4, 0.5) is 4.79 Å². The van der Waals surface area contributed by atoms with Gasteiger partial charge in [0.25, 0.3) is 6.29 Å². The fourth-order valence-corrected chi connectivity index (χ4v) is 0.696. The van der Waals surface area contributed by atoms with Crippen LogP contribution in [-0.4, -0.2) is 23.5 Å². The van der Waals surface area contributed by atoms with Crippen LogP contribution in [0.3, 0.4) is 0 Å². The van der Waals surface area contributed by atoms with Crippen LogP contribution < -0.4 is 0 Å². The van der Waals surface area contributed by atoms with Gasteiger partial charge in [-0.2, -0.15) is 0 Å². The van der Waals surface area contributed by atoms with Crippen LogP contribution in [0.15, 0.2) is 0 Å². The van der Waals surface area contributed by atoms with Gasteiger partial charge < -0.3 is 14.6 Å². The molecule has 0 aromatic carbocycles. The number of hydrogen-bond acceptors (Lipinski definition) is 4. The molecule has 0 saturated carbocycles. The van der Waals surface area contributed by atoms with Crippen LogP contribution in [0.25, 0.3) is 0 Å². The van der Waals surface area contributed by atoms with E-state index >= 15 is 0 Å². The van der Waals surface area contributed by atoms with Gasteiger partial charge in [-0.15, -0.1) is 0 Å². The molecule has 1 heterocycles. The minimum Gasteiger partial charge on any atom is -0.450 e. The molecule has 0 spiro atoms.